The summed E-state index contributed by atoms with van der Waals surface area (Å²) in [5.74, 6) is 1.44. The fourth-order valence-electron chi connectivity index (χ4n) is 1.78. The molecular formula is C11H12N4O. The normalized spacial score (nSPS) is 15.1. The maximum Gasteiger partial charge on any atom is 0.224 e. The smallest absolute Gasteiger partial charge is 0.224 e. The molecule has 3 rings (SSSR count). The molecule has 5 nitrogen and oxygen atoms in total. The van der Waals surface area contributed by atoms with Crippen molar-refractivity contribution < 1.29 is 4.74 Å². The Hall–Kier alpha value is -1.91. The fourth-order valence-corrected chi connectivity index (χ4v) is 1.78. The standard InChI is InChI=1S/C11H12N4O/c1-16-11-9(3-2-6-12-11)10-14-13-7-15(10)8-4-5-8/h2-3,6-8H,4-5H2,1H3. The molecule has 2 aromatic heterocycles. The first-order valence-electron chi connectivity index (χ1n) is 5.29. The first-order chi connectivity index (χ1) is 7.90. The second kappa shape index (κ2) is 3.59. The molecule has 0 amide bonds. The largest absolute Gasteiger partial charge is 0.480 e. The van der Waals surface area contributed by atoms with Gasteiger partial charge < -0.3 is 9.30 Å². The van der Waals surface area contributed by atoms with E-state index in [0.29, 0.717) is 11.9 Å². The van der Waals surface area contributed by atoms with Gasteiger partial charge in [-0.05, 0) is 25.0 Å². The number of pyridine rings is 1. The van der Waals surface area contributed by atoms with Crippen LogP contribution in [0.1, 0.15) is 18.9 Å². The Balaban J connectivity index is 2.10. The predicted octanol–water partition coefficient (Wildman–Crippen LogP) is 1.68. The van der Waals surface area contributed by atoms with Crippen LogP contribution in [0.25, 0.3) is 11.4 Å². The molecule has 2 aromatic rings. The molecular weight excluding hydrogens is 204 g/mol. The monoisotopic (exact) mass is 216 g/mol. The van der Waals surface area contributed by atoms with Gasteiger partial charge in [-0.1, -0.05) is 0 Å². The molecule has 0 N–H and O–H groups in total. The van der Waals surface area contributed by atoms with Gasteiger partial charge in [0.05, 0.1) is 12.7 Å². The number of rotatable bonds is 3. The zero-order valence-electron chi connectivity index (χ0n) is 9.00. The second-order valence-electron chi connectivity index (χ2n) is 3.85. The van der Waals surface area contributed by atoms with Gasteiger partial charge in [-0.25, -0.2) is 4.98 Å². The van der Waals surface area contributed by atoms with E-state index >= 15 is 0 Å². The van der Waals surface area contributed by atoms with E-state index in [1.54, 1.807) is 19.6 Å². The lowest BCUT2D eigenvalue weighted by molar-refractivity contribution is 0.399. The summed E-state index contributed by atoms with van der Waals surface area (Å²) in [6, 6.07) is 4.38. The van der Waals surface area contributed by atoms with Gasteiger partial charge in [-0.3, -0.25) is 0 Å². The predicted molar refractivity (Wildman–Crippen MR) is 58.1 cm³/mol. The van der Waals surface area contributed by atoms with E-state index < -0.39 is 0 Å². The molecule has 1 fully saturated rings. The summed E-state index contributed by atoms with van der Waals surface area (Å²) in [6.45, 7) is 0. The van der Waals surface area contributed by atoms with Gasteiger partial charge in [0.2, 0.25) is 5.88 Å². The summed E-state index contributed by atoms with van der Waals surface area (Å²) in [5, 5.41) is 8.11. The molecule has 0 spiro atoms. The Bertz CT molecular complexity index is 504. The number of aromatic nitrogens is 4. The van der Waals surface area contributed by atoms with Crippen molar-refractivity contribution in [3.8, 4) is 17.3 Å². The summed E-state index contributed by atoms with van der Waals surface area (Å²) < 4.78 is 7.33. The molecule has 0 aliphatic heterocycles. The summed E-state index contributed by atoms with van der Waals surface area (Å²) in [6.07, 6.45) is 5.89. The van der Waals surface area contributed by atoms with Crippen molar-refractivity contribution in [3.63, 3.8) is 0 Å². The maximum absolute atomic E-state index is 5.23. The van der Waals surface area contributed by atoms with Crippen molar-refractivity contribution in [2.45, 2.75) is 18.9 Å². The number of methoxy groups -OCH3 is 1. The number of hydrogen-bond donors (Lipinski definition) is 0. The highest BCUT2D eigenvalue weighted by molar-refractivity contribution is 5.61. The van der Waals surface area contributed by atoms with E-state index in [1.807, 2.05) is 12.1 Å². The Kier molecular flexibility index (Phi) is 2.09. The highest BCUT2D eigenvalue weighted by atomic mass is 16.5. The molecule has 1 aliphatic carbocycles. The third kappa shape index (κ3) is 1.44. The molecule has 1 aliphatic rings. The van der Waals surface area contributed by atoms with E-state index in [0.717, 1.165) is 11.4 Å². The number of nitrogens with zero attached hydrogens (tertiary/aromatic N) is 4. The maximum atomic E-state index is 5.23. The van der Waals surface area contributed by atoms with E-state index in [9.17, 15) is 0 Å². The molecule has 2 heterocycles. The fraction of sp³-hybridized carbons (Fsp3) is 0.364. The molecule has 0 bridgehead atoms. The van der Waals surface area contributed by atoms with Crippen LogP contribution in [0.2, 0.25) is 0 Å². The van der Waals surface area contributed by atoms with E-state index in [4.69, 9.17) is 4.74 Å². The molecule has 16 heavy (non-hydrogen) atoms. The topological polar surface area (TPSA) is 52.8 Å². The van der Waals surface area contributed by atoms with E-state index in [1.165, 1.54) is 12.8 Å². The first kappa shape index (κ1) is 9.33. The van der Waals surface area contributed by atoms with Gasteiger partial charge in [0.25, 0.3) is 0 Å². The summed E-state index contributed by atoms with van der Waals surface area (Å²) >= 11 is 0. The highest BCUT2D eigenvalue weighted by Crippen LogP contribution is 2.38. The highest BCUT2D eigenvalue weighted by Gasteiger charge is 2.27. The van der Waals surface area contributed by atoms with Crippen LogP contribution >= 0.6 is 0 Å². The molecule has 5 heteroatoms. The zero-order chi connectivity index (χ0) is 11.0. The molecule has 0 unspecified atom stereocenters. The van der Waals surface area contributed by atoms with E-state index in [-0.39, 0.29) is 0 Å². The lowest BCUT2D eigenvalue weighted by atomic mass is 10.2. The minimum Gasteiger partial charge on any atom is -0.480 e. The number of ether oxygens (including phenoxy) is 1. The van der Waals surface area contributed by atoms with Crippen molar-refractivity contribution in [3.05, 3.63) is 24.7 Å². The Labute approximate surface area is 93.1 Å². The van der Waals surface area contributed by atoms with Crippen LogP contribution in [0.3, 0.4) is 0 Å². The van der Waals surface area contributed by atoms with Gasteiger partial charge >= 0.3 is 0 Å². The Morgan fingerprint density at radius 1 is 1.44 bits per heavy atom. The second-order valence-corrected chi connectivity index (χ2v) is 3.85. The van der Waals surface area contributed by atoms with Crippen molar-refractivity contribution in [1.29, 1.82) is 0 Å². The molecule has 0 atom stereocenters. The number of hydrogen-bond acceptors (Lipinski definition) is 4. The molecule has 0 saturated heterocycles. The summed E-state index contributed by atoms with van der Waals surface area (Å²) in [4.78, 5) is 4.17. The molecule has 82 valence electrons. The van der Waals surface area contributed by atoms with Gasteiger partial charge in [0.1, 0.15) is 6.33 Å². The summed E-state index contributed by atoms with van der Waals surface area (Å²) in [5.41, 5.74) is 0.898. The average molecular weight is 216 g/mol. The third-order valence-corrected chi connectivity index (χ3v) is 2.72. The van der Waals surface area contributed by atoms with Crippen LogP contribution in [0.4, 0.5) is 0 Å². The van der Waals surface area contributed by atoms with Gasteiger partial charge in [0.15, 0.2) is 5.82 Å². The Morgan fingerprint density at radius 3 is 3.06 bits per heavy atom. The summed E-state index contributed by atoms with van der Waals surface area (Å²) in [7, 11) is 1.61. The lowest BCUT2D eigenvalue weighted by Crippen LogP contribution is -1.99. The van der Waals surface area contributed by atoms with Crippen molar-refractivity contribution in [2.75, 3.05) is 7.11 Å². The van der Waals surface area contributed by atoms with Crippen molar-refractivity contribution >= 4 is 0 Å². The van der Waals surface area contributed by atoms with Crippen LogP contribution in [0.5, 0.6) is 5.88 Å². The van der Waals surface area contributed by atoms with Crippen LogP contribution in [-0.4, -0.2) is 26.9 Å². The van der Waals surface area contributed by atoms with E-state index in [2.05, 4.69) is 19.7 Å². The average Bonchev–Trinajstić information content (AvgIpc) is 3.07. The first-order valence-corrected chi connectivity index (χ1v) is 5.29. The van der Waals surface area contributed by atoms with Gasteiger partial charge in [-0.2, -0.15) is 0 Å². The minimum atomic E-state index is 0.551. The quantitative estimate of drug-likeness (QED) is 0.783. The van der Waals surface area contributed by atoms with Crippen LogP contribution in [0, 0.1) is 0 Å². The van der Waals surface area contributed by atoms with Crippen LogP contribution in [-0.2, 0) is 0 Å². The van der Waals surface area contributed by atoms with Crippen molar-refractivity contribution in [1.82, 2.24) is 19.7 Å². The molecule has 1 saturated carbocycles. The van der Waals surface area contributed by atoms with Gasteiger partial charge in [0, 0.05) is 12.2 Å². The molecule has 0 aromatic carbocycles. The molecule has 0 radical (unpaired) electrons. The zero-order valence-corrected chi connectivity index (χ0v) is 9.00. The van der Waals surface area contributed by atoms with Gasteiger partial charge in [-0.15, -0.1) is 10.2 Å². The van der Waals surface area contributed by atoms with Crippen molar-refractivity contribution in [2.24, 2.45) is 0 Å². The van der Waals surface area contributed by atoms with Crippen LogP contribution in [0.15, 0.2) is 24.7 Å². The minimum absolute atomic E-state index is 0.551. The lowest BCUT2D eigenvalue weighted by Gasteiger charge is -2.07. The van der Waals surface area contributed by atoms with Crippen LogP contribution < -0.4 is 4.74 Å². The SMILES string of the molecule is COc1ncccc1-c1nncn1C1CC1. The third-order valence-electron chi connectivity index (χ3n) is 2.72. The Morgan fingerprint density at radius 2 is 2.31 bits per heavy atom.